The molecule has 0 radical (unpaired) electrons. The molecule has 1 aromatic heterocycles. The Labute approximate surface area is 174 Å². The number of fused-ring (bicyclic) bond motifs is 2. The molecule has 11 heteroatoms. The largest absolute Gasteiger partial charge is 0.486 e. The number of esters is 1. The number of nitrogens with zero attached hydrogens (tertiary/aromatic N) is 3. The lowest BCUT2D eigenvalue weighted by atomic mass is 10.2. The smallest absolute Gasteiger partial charge is 0.326 e. The molecule has 0 saturated carbocycles. The van der Waals surface area contributed by atoms with Gasteiger partial charge in [0.25, 0.3) is 5.91 Å². The predicted octanol–water partition coefficient (Wildman–Crippen LogP) is 0.613. The predicted molar refractivity (Wildman–Crippen MR) is 104 cm³/mol. The molecule has 158 valence electrons. The molecular formula is C19H19N3O7S. The second kappa shape index (κ2) is 8.27. The fraction of sp³-hybridized carbons (Fsp3) is 0.421. The van der Waals surface area contributed by atoms with Crippen molar-refractivity contribution in [3.8, 4) is 11.5 Å². The average Bonchev–Trinajstić information content (AvgIpc) is 3.20. The van der Waals surface area contributed by atoms with Crippen LogP contribution in [0.3, 0.4) is 0 Å². The maximum Gasteiger partial charge on any atom is 0.326 e. The number of hydrogen-bond acceptors (Lipinski definition) is 8. The minimum atomic E-state index is -0.653. The maximum absolute atomic E-state index is 12.5. The van der Waals surface area contributed by atoms with Gasteiger partial charge in [0, 0.05) is 25.0 Å². The van der Waals surface area contributed by atoms with E-state index < -0.39 is 18.4 Å². The number of ether oxygens (including phenoxy) is 3. The first-order valence-electron chi connectivity index (χ1n) is 9.45. The first kappa shape index (κ1) is 20.1. The summed E-state index contributed by atoms with van der Waals surface area (Å²) >= 11 is 1.19. The number of benzene rings is 1. The Hall–Kier alpha value is -3.21. The quantitative estimate of drug-likeness (QED) is 0.501. The van der Waals surface area contributed by atoms with Gasteiger partial charge in [-0.3, -0.25) is 24.1 Å². The number of amides is 3. The van der Waals surface area contributed by atoms with Gasteiger partial charge in [-0.1, -0.05) is 11.3 Å². The van der Waals surface area contributed by atoms with Crippen LogP contribution in [0.5, 0.6) is 11.5 Å². The minimum Gasteiger partial charge on any atom is -0.486 e. The van der Waals surface area contributed by atoms with Crippen molar-refractivity contribution in [2.75, 3.05) is 26.4 Å². The van der Waals surface area contributed by atoms with Crippen molar-refractivity contribution >= 4 is 45.2 Å². The van der Waals surface area contributed by atoms with Crippen LogP contribution in [0.1, 0.15) is 19.8 Å². The number of aromatic nitrogens is 1. The highest BCUT2D eigenvalue weighted by Crippen LogP contribution is 2.35. The molecule has 4 rings (SSSR count). The molecule has 3 heterocycles. The van der Waals surface area contributed by atoms with E-state index in [0.717, 1.165) is 9.60 Å². The number of hydrogen-bond donors (Lipinski definition) is 0. The molecular weight excluding hydrogens is 414 g/mol. The summed E-state index contributed by atoms with van der Waals surface area (Å²) in [5.41, 5.74) is 0.636. The van der Waals surface area contributed by atoms with Crippen molar-refractivity contribution in [2.24, 2.45) is 4.99 Å². The van der Waals surface area contributed by atoms with Gasteiger partial charge in [-0.05, 0) is 6.92 Å². The number of imide groups is 1. The summed E-state index contributed by atoms with van der Waals surface area (Å²) in [6.07, 6.45) is 0.201. The van der Waals surface area contributed by atoms with Crippen LogP contribution < -0.4 is 14.3 Å². The van der Waals surface area contributed by atoms with E-state index in [1.54, 1.807) is 23.6 Å². The molecule has 10 nitrogen and oxygen atoms in total. The highest BCUT2D eigenvalue weighted by atomic mass is 32.1. The molecule has 0 atom stereocenters. The molecule has 0 unspecified atom stereocenters. The third kappa shape index (κ3) is 3.92. The second-order valence-corrected chi connectivity index (χ2v) is 7.63. The van der Waals surface area contributed by atoms with Gasteiger partial charge in [0.05, 0.1) is 16.8 Å². The molecule has 30 heavy (non-hydrogen) atoms. The summed E-state index contributed by atoms with van der Waals surface area (Å²) < 4.78 is 18.5. The van der Waals surface area contributed by atoms with Gasteiger partial charge in [-0.2, -0.15) is 4.99 Å². The van der Waals surface area contributed by atoms with Crippen LogP contribution in [0.2, 0.25) is 0 Å². The Morgan fingerprint density at radius 2 is 1.77 bits per heavy atom. The lowest BCUT2D eigenvalue weighted by Crippen LogP contribution is -2.34. The third-order valence-corrected chi connectivity index (χ3v) is 5.65. The first-order valence-corrected chi connectivity index (χ1v) is 10.3. The van der Waals surface area contributed by atoms with Gasteiger partial charge in [-0.15, -0.1) is 0 Å². The number of carbonyl (C=O) groups excluding carboxylic acids is 4. The van der Waals surface area contributed by atoms with Crippen LogP contribution in [-0.4, -0.2) is 59.5 Å². The van der Waals surface area contributed by atoms with Gasteiger partial charge in [0.1, 0.15) is 26.3 Å². The van der Waals surface area contributed by atoms with E-state index in [2.05, 4.69) is 4.99 Å². The van der Waals surface area contributed by atoms with Crippen LogP contribution in [0.25, 0.3) is 10.2 Å². The zero-order valence-corrected chi connectivity index (χ0v) is 17.0. The number of carbonyl (C=O) groups is 4. The van der Waals surface area contributed by atoms with Gasteiger partial charge in [-0.25, -0.2) is 0 Å². The number of thiazole rings is 1. The molecule has 2 aromatic rings. The van der Waals surface area contributed by atoms with Gasteiger partial charge in [0.2, 0.25) is 11.8 Å². The van der Waals surface area contributed by atoms with Crippen molar-refractivity contribution in [2.45, 2.75) is 26.3 Å². The Morgan fingerprint density at radius 3 is 2.43 bits per heavy atom. The van der Waals surface area contributed by atoms with Crippen molar-refractivity contribution in [3.05, 3.63) is 16.9 Å². The maximum atomic E-state index is 12.5. The molecule has 0 spiro atoms. The zero-order chi connectivity index (χ0) is 21.3. The molecule has 0 bridgehead atoms. The Balaban J connectivity index is 1.74. The third-order valence-electron chi connectivity index (χ3n) is 4.61. The standard InChI is InChI=1S/C19H19N3O7S/c1-2-27-18(26)10-21-11-7-12-13(29-6-5-28-12)8-14(11)30-19(21)20-15(23)9-22-16(24)3-4-17(22)25/h7-8H,2-6,9-10H2,1H3. The SMILES string of the molecule is CCOC(=O)Cn1c(=NC(=O)CN2C(=O)CCC2=O)sc2cc3c(cc21)OCCO3. The van der Waals surface area contributed by atoms with E-state index in [1.807, 2.05) is 0 Å². The van der Waals surface area contributed by atoms with E-state index in [0.29, 0.717) is 30.2 Å². The average molecular weight is 433 g/mol. The zero-order valence-electron chi connectivity index (χ0n) is 16.2. The fourth-order valence-electron chi connectivity index (χ4n) is 3.26. The molecule has 0 aliphatic carbocycles. The normalized spacial score (nSPS) is 16.4. The van der Waals surface area contributed by atoms with Crippen LogP contribution in [0, 0.1) is 0 Å². The monoisotopic (exact) mass is 433 g/mol. The topological polar surface area (TPSA) is 116 Å². The van der Waals surface area contributed by atoms with Crippen molar-refractivity contribution < 1.29 is 33.4 Å². The molecule has 1 aromatic carbocycles. The Morgan fingerprint density at radius 1 is 1.10 bits per heavy atom. The van der Waals surface area contributed by atoms with Gasteiger partial charge < -0.3 is 18.8 Å². The van der Waals surface area contributed by atoms with Crippen molar-refractivity contribution in [1.82, 2.24) is 9.47 Å². The molecule has 1 fully saturated rings. The Bertz CT molecular complexity index is 1100. The Kier molecular flexibility index (Phi) is 5.53. The summed E-state index contributed by atoms with van der Waals surface area (Å²) in [7, 11) is 0. The van der Waals surface area contributed by atoms with Crippen LogP contribution in [0.4, 0.5) is 0 Å². The molecule has 3 amide bonds. The van der Waals surface area contributed by atoms with E-state index in [1.165, 1.54) is 11.3 Å². The van der Waals surface area contributed by atoms with E-state index in [-0.39, 0.29) is 42.6 Å². The highest BCUT2D eigenvalue weighted by Gasteiger charge is 2.30. The number of rotatable bonds is 5. The van der Waals surface area contributed by atoms with E-state index in [9.17, 15) is 19.2 Å². The molecule has 1 saturated heterocycles. The van der Waals surface area contributed by atoms with Crippen LogP contribution in [-0.2, 0) is 30.5 Å². The summed E-state index contributed by atoms with van der Waals surface area (Å²) in [6.45, 7) is 2.19. The van der Waals surface area contributed by atoms with Crippen LogP contribution in [0.15, 0.2) is 17.1 Å². The summed E-state index contributed by atoms with van der Waals surface area (Å²) in [5, 5.41) is 0. The summed E-state index contributed by atoms with van der Waals surface area (Å²) in [6, 6.07) is 3.50. The lowest BCUT2D eigenvalue weighted by Gasteiger charge is -2.18. The summed E-state index contributed by atoms with van der Waals surface area (Å²) in [4.78, 5) is 53.4. The van der Waals surface area contributed by atoms with E-state index in [4.69, 9.17) is 14.2 Å². The summed E-state index contributed by atoms with van der Waals surface area (Å²) in [5.74, 6) is -0.798. The van der Waals surface area contributed by atoms with Crippen molar-refractivity contribution in [3.63, 3.8) is 0 Å². The minimum absolute atomic E-state index is 0.101. The van der Waals surface area contributed by atoms with E-state index >= 15 is 0 Å². The number of likely N-dealkylation sites (tertiary alicyclic amines) is 1. The highest BCUT2D eigenvalue weighted by molar-refractivity contribution is 7.16. The van der Waals surface area contributed by atoms with Gasteiger partial charge >= 0.3 is 5.97 Å². The molecule has 0 N–H and O–H groups in total. The van der Waals surface area contributed by atoms with Crippen molar-refractivity contribution in [1.29, 1.82) is 0 Å². The first-order chi connectivity index (χ1) is 14.5. The van der Waals surface area contributed by atoms with Gasteiger partial charge in [0.15, 0.2) is 16.3 Å². The molecule has 2 aliphatic rings. The lowest BCUT2D eigenvalue weighted by molar-refractivity contribution is -0.144. The molecule has 2 aliphatic heterocycles. The van der Waals surface area contributed by atoms with Crippen LogP contribution >= 0.6 is 11.3 Å². The fourth-order valence-corrected chi connectivity index (χ4v) is 4.31. The second-order valence-electron chi connectivity index (χ2n) is 6.62.